The van der Waals surface area contributed by atoms with Gasteiger partial charge in [0.05, 0.1) is 6.54 Å². The second-order valence-corrected chi connectivity index (χ2v) is 4.01. The Balaban J connectivity index is 1.72. The second-order valence-electron chi connectivity index (χ2n) is 4.01. The monoisotopic (exact) mass is 215 g/mol. The van der Waals surface area contributed by atoms with E-state index in [1.807, 2.05) is 29.1 Å². The number of hydrogen-bond acceptors (Lipinski definition) is 3. The first-order chi connectivity index (χ1) is 7.81. The molecule has 1 aliphatic rings. The summed E-state index contributed by atoms with van der Waals surface area (Å²) in [7, 11) is 0. The first kappa shape index (κ1) is 9.27. The molecule has 0 amide bonds. The number of nitrogens with two attached hydrogens (primary N) is 1. The number of fused-ring (bicyclic) bond motifs is 1. The first-order valence-electron chi connectivity index (χ1n) is 5.35. The Morgan fingerprint density at radius 2 is 2.25 bits per heavy atom. The number of aromatic nitrogens is 2. The number of benzene rings is 1. The van der Waals surface area contributed by atoms with Gasteiger partial charge in [0, 0.05) is 12.6 Å². The first-order valence-corrected chi connectivity index (χ1v) is 5.35. The van der Waals surface area contributed by atoms with E-state index >= 15 is 0 Å². The molecule has 0 saturated heterocycles. The van der Waals surface area contributed by atoms with Crippen LogP contribution >= 0.6 is 0 Å². The van der Waals surface area contributed by atoms with E-state index in [0.29, 0.717) is 5.82 Å². The summed E-state index contributed by atoms with van der Waals surface area (Å²) >= 11 is 0. The maximum absolute atomic E-state index is 5.82. The summed E-state index contributed by atoms with van der Waals surface area (Å²) in [5.41, 5.74) is 6.84. The highest BCUT2D eigenvalue weighted by Crippen LogP contribution is 2.28. The molecule has 4 nitrogen and oxygen atoms in total. The van der Waals surface area contributed by atoms with Crippen molar-refractivity contribution in [3.63, 3.8) is 0 Å². The molecule has 1 atom stereocenters. The highest BCUT2D eigenvalue weighted by atomic mass is 16.5. The number of para-hydroxylation sites is 1. The summed E-state index contributed by atoms with van der Waals surface area (Å²) in [6, 6.07) is 9.94. The molecule has 0 spiro atoms. The molecule has 16 heavy (non-hydrogen) atoms. The predicted molar refractivity (Wildman–Crippen MR) is 61.2 cm³/mol. The lowest BCUT2D eigenvalue weighted by Gasteiger charge is -2.10. The molecule has 82 valence electrons. The zero-order valence-corrected chi connectivity index (χ0v) is 8.84. The number of anilines is 1. The van der Waals surface area contributed by atoms with Crippen LogP contribution in [0.1, 0.15) is 5.56 Å². The smallest absolute Gasteiger partial charge is 0.145 e. The number of rotatable bonds is 2. The molecule has 4 heteroatoms. The summed E-state index contributed by atoms with van der Waals surface area (Å²) in [5.74, 6) is 1.54. The van der Waals surface area contributed by atoms with Crippen molar-refractivity contribution in [3.8, 4) is 5.75 Å². The van der Waals surface area contributed by atoms with Crippen molar-refractivity contribution in [1.29, 1.82) is 0 Å². The van der Waals surface area contributed by atoms with Crippen LogP contribution in [-0.4, -0.2) is 15.9 Å². The Morgan fingerprint density at radius 1 is 1.38 bits per heavy atom. The van der Waals surface area contributed by atoms with Gasteiger partial charge in [-0.3, -0.25) is 4.68 Å². The van der Waals surface area contributed by atoms with E-state index in [4.69, 9.17) is 10.5 Å². The van der Waals surface area contributed by atoms with Crippen LogP contribution in [0.3, 0.4) is 0 Å². The van der Waals surface area contributed by atoms with E-state index in [1.54, 1.807) is 6.07 Å². The minimum absolute atomic E-state index is 0.164. The van der Waals surface area contributed by atoms with Crippen LogP contribution in [0.5, 0.6) is 5.75 Å². The fourth-order valence-corrected chi connectivity index (χ4v) is 2.04. The van der Waals surface area contributed by atoms with Crippen molar-refractivity contribution in [2.45, 2.75) is 19.1 Å². The SMILES string of the molecule is Nc1ccn(CC2Cc3ccccc3O2)n1. The third kappa shape index (κ3) is 1.62. The predicted octanol–water partition coefficient (Wildman–Crippen LogP) is 1.47. The van der Waals surface area contributed by atoms with Gasteiger partial charge in [-0.15, -0.1) is 0 Å². The van der Waals surface area contributed by atoms with E-state index < -0.39 is 0 Å². The molecule has 0 fully saturated rings. The van der Waals surface area contributed by atoms with Crippen LogP contribution in [0, 0.1) is 0 Å². The van der Waals surface area contributed by atoms with Gasteiger partial charge < -0.3 is 10.5 Å². The summed E-state index contributed by atoms with van der Waals surface area (Å²) in [6.45, 7) is 0.742. The molecule has 1 aromatic heterocycles. The zero-order valence-electron chi connectivity index (χ0n) is 8.84. The van der Waals surface area contributed by atoms with Crippen molar-refractivity contribution < 1.29 is 4.74 Å². The summed E-state index contributed by atoms with van der Waals surface area (Å²) in [6.07, 6.45) is 2.98. The number of ether oxygens (including phenoxy) is 1. The Morgan fingerprint density at radius 3 is 3.00 bits per heavy atom. The van der Waals surface area contributed by atoms with Gasteiger partial charge in [-0.05, 0) is 17.7 Å². The molecular weight excluding hydrogens is 202 g/mol. The second kappa shape index (κ2) is 3.56. The third-order valence-corrected chi connectivity index (χ3v) is 2.77. The van der Waals surface area contributed by atoms with Gasteiger partial charge in [0.15, 0.2) is 0 Å². The Kier molecular flexibility index (Phi) is 2.06. The van der Waals surface area contributed by atoms with Gasteiger partial charge in [-0.2, -0.15) is 5.10 Å². The number of nitrogen functional groups attached to an aromatic ring is 1. The van der Waals surface area contributed by atoms with Gasteiger partial charge in [0.1, 0.15) is 17.7 Å². The van der Waals surface area contributed by atoms with Gasteiger partial charge in [0.2, 0.25) is 0 Å². The molecule has 0 bridgehead atoms. The van der Waals surface area contributed by atoms with Crippen LogP contribution in [0.2, 0.25) is 0 Å². The van der Waals surface area contributed by atoms with E-state index in [-0.39, 0.29) is 6.10 Å². The minimum Gasteiger partial charge on any atom is -0.488 e. The number of hydrogen-bond donors (Lipinski definition) is 1. The lowest BCUT2D eigenvalue weighted by molar-refractivity contribution is 0.203. The molecule has 0 radical (unpaired) electrons. The summed E-state index contributed by atoms with van der Waals surface area (Å²) in [5, 5.41) is 4.15. The van der Waals surface area contributed by atoms with Gasteiger partial charge in [-0.25, -0.2) is 0 Å². The molecule has 2 heterocycles. The van der Waals surface area contributed by atoms with E-state index in [9.17, 15) is 0 Å². The highest BCUT2D eigenvalue weighted by molar-refractivity contribution is 5.37. The molecule has 3 rings (SSSR count). The number of nitrogens with zero attached hydrogens (tertiary/aromatic N) is 2. The van der Waals surface area contributed by atoms with Crippen molar-refractivity contribution in [3.05, 3.63) is 42.1 Å². The topological polar surface area (TPSA) is 53.1 Å². The van der Waals surface area contributed by atoms with Crippen molar-refractivity contribution in [1.82, 2.24) is 9.78 Å². The molecule has 1 unspecified atom stereocenters. The maximum atomic E-state index is 5.82. The average Bonchev–Trinajstić information content (AvgIpc) is 2.84. The normalized spacial score (nSPS) is 18.1. The van der Waals surface area contributed by atoms with Crippen LogP contribution in [-0.2, 0) is 13.0 Å². The molecule has 0 saturated carbocycles. The highest BCUT2D eigenvalue weighted by Gasteiger charge is 2.22. The summed E-state index contributed by atoms with van der Waals surface area (Å²) < 4.78 is 7.64. The zero-order chi connectivity index (χ0) is 11.0. The average molecular weight is 215 g/mol. The van der Waals surface area contributed by atoms with Crippen LogP contribution in [0.4, 0.5) is 5.82 Å². The Labute approximate surface area is 93.6 Å². The lowest BCUT2D eigenvalue weighted by atomic mass is 10.1. The van der Waals surface area contributed by atoms with Crippen molar-refractivity contribution in [2.24, 2.45) is 0 Å². The summed E-state index contributed by atoms with van der Waals surface area (Å²) in [4.78, 5) is 0. The lowest BCUT2D eigenvalue weighted by Crippen LogP contribution is -2.21. The van der Waals surface area contributed by atoms with Gasteiger partial charge in [0.25, 0.3) is 0 Å². The molecular formula is C12H13N3O. The molecule has 1 aromatic carbocycles. The maximum Gasteiger partial charge on any atom is 0.145 e. The Hall–Kier alpha value is -1.97. The third-order valence-electron chi connectivity index (χ3n) is 2.77. The molecule has 2 aromatic rings. The van der Waals surface area contributed by atoms with Crippen LogP contribution < -0.4 is 10.5 Å². The van der Waals surface area contributed by atoms with Gasteiger partial charge in [-0.1, -0.05) is 18.2 Å². The largest absolute Gasteiger partial charge is 0.488 e. The molecule has 2 N–H and O–H groups in total. The molecule has 1 aliphatic heterocycles. The Bertz CT molecular complexity index is 481. The van der Waals surface area contributed by atoms with E-state index in [1.165, 1.54) is 5.56 Å². The quantitative estimate of drug-likeness (QED) is 0.825. The van der Waals surface area contributed by atoms with Crippen molar-refractivity contribution in [2.75, 3.05) is 5.73 Å². The standard InChI is InChI=1S/C12H13N3O/c13-12-5-6-15(14-12)8-10-7-9-3-1-2-4-11(9)16-10/h1-6,10H,7-8H2,(H2,13,14). The van der Waals surface area contributed by atoms with Crippen LogP contribution in [0.25, 0.3) is 0 Å². The fourth-order valence-electron chi connectivity index (χ4n) is 2.04. The van der Waals surface area contributed by atoms with E-state index in [0.717, 1.165) is 18.7 Å². The van der Waals surface area contributed by atoms with E-state index in [2.05, 4.69) is 11.2 Å². The van der Waals surface area contributed by atoms with Gasteiger partial charge >= 0.3 is 0 Å². The fraction of sp³-hybridized carbons (Fsp3) is 0.250. The minimum atomic E-state index is 0.164. The molecule has 0 aliphatic carbocycles. The van der Waals surface area contributed by atoms with Crippen molar-refractivity contribution >= 4 is 5.82 Å². The van der Waals surface area contributed by atoms with Crippen LogP contribution in [0.15, 0.2) is 36.5 Å².